The number of hydrogen-bond donors (Lipinski definition) is 2. The molecule has 4 aromatic rings. The smallest absolute Gasteiger partial charge is 0.187 e. The molecule has 0 saturated heterocycles. The van der Waals surface area contributed by atoms with Gasteiger partial charge < -0.3 is 10.6 Å². The minimum absolute atomic E-state index is 0.0314. The van der Waals surface area contributed by atoms with Gasteiger partial charge in [-0.15, -0.1) is 0 Å². The fourth-order valence-corrected chi connectivity index (χ4v) is 4.40. The molecule has 6 nitrogen and oxygen atoms in total. The van der Waals surface area contributed by atoms with Crippen LogP contribution in [-0.2, 0) is 9.59 Å². The Morgan fingerprint density at radius 2 is 1.18 bits per heavy atom. The molecular formula is C34H24N4O2. The summed E-state index contributed by atoms with van der Waals surface area (Å²) in [5, 5.41) is 7.32. The number of aromatic nitrogens is 2. The number of anilines is 2. The molecule has 40 heavy (non-hydrogen) atoms. The number of allylic oxidation sites excluding steroid dienone is 10. The highest BCUT2D eigenvalue weighted by atomic mass is 16.1. The Morgan fingerprint density at radius 1 is 0.575 bits per heavy atom. The lowest BCUT2D eigenvalue weighted by atomic mass is 10.0. The van der Waals surface area contributed by atoms with E-state index in [1.165, 1.54) is 0 Å². The molecule has 0 bridgehead atoms. The van der Waals surface area contributed by atoms with E-state index in [-0.39, 0.29) is 11.6 Å². The molecule has 2 N–H and O–H groups in total. The van der Waals surface area contributed by atoms with Crippen LogP contribution in [0, 0.1) is 0 Å². The zero-order valence-electron chi connectivity index (χ0n) is 21.4. The van der Waals surface area contributed by atoms with Gasteiger partial charge in [0.1, 0.15) is 0 Å². The molecule has 0 spiro atoms. The Kier molecular flexibility index (Phi) is 6.80. The van der Waals surface area contributed by atoms with E-state index in [1.54, 1.807) is 48.9 Å². The fourth-order valence-electron chi connectivity index (χ4n) is 4.40. The first-order chi connectivity index (χ1) is 19.6. The number of carbonyl (C=O) groups excluding carboxylic acids is 2. The molecule has 6 rings (SSSR count). The molecular weight excluding hydrogens is 496 g/mol. The van der Waals surface area contributed by atoms with Crippen molar-refractivity contribution in [2.75, 3.05) is 10.6 Å². The van der Waals surface area contributed by atoms with Crippen molar-refractivity contribution in [1.82, 2.24) is 9.97 Å². The van der Waals surface area contributed by atoms with Gasteiger partial charge in [0.05, 0.1) is 11.2 Å². The average molecular weight is 521 g/mol. The van der Waals surface area contributed by atoms with Gasteiger partial charge in [-0.1, -0.05) is 54.6 Å². The highest BCUT2D eigenvalue weighted by molar-refractivity contribution is 6.08. The number of nitrogens with one attached hydrogen (secondary N) is 2. The first-order valence-corrected chi connectivity index (χ1v) is 12.8. The third-order valence-electron chi connectivity index (χ3n) is 6.51. The van der Waals surface area contributed by atoms with Crippen LogP contribution in [0.3, 0.4) is 0 Å². The van der Waals surface area contributed by atoms with Gasteiger partial charge in [0.15, 0.2) is 17.4 Å². The molecule has 192 valence electrons. The summed E-state index contributed by atoms with van der Waals surface area (Å²) in [5.74, 6) is 0.540. The summed E-state index contributed by atoms with van der Waals surface area (Å²) >= 11 is 0. The van der Waals surface area contributed by atoms with Gasteiger partial charge in [0, 0.05) is 51.4 Å². The van der Waals surface area contributed by atoms with Crippen molar-refractivity contribution in [1.29, 1.82) is 0 Å². The van der Waals surface area contributed by atoms with Crippen LogP contribution in [0.5, 0.6) is 0 Å². The van der Waals surface area contributed by atoms with Crippen LogP contribution < -0.4 is 10.6 Å². The second kappa shape index (κ2) is 11.0. The summed E-state index contributed by atoms with van der Waals surface area (Å²) in [5.41, 5.74) is 6.34. The third kappa shape index (κ3) is 5.33. The van der Waals surface area contributed by atoms with Crippen LogP contribution in [0.15, 0.2) is 145 Å². The molecule has 0 atom stereocenters. The first kappa shape index (κ1) is 24.7. The Hall–Kier alpha value is -5.62. The molecule has 3 aromatic carbocycles. The van der Waals surface area contributed by atoms with Crippen molar-refractivity contribution in [3.8, 4) is 22.6 Å². The van der Waals surface area contributed by atoms with E-state index in [1.807, 2.05) is 84.9 Å². The molecule has 0 saturated carbocycles. The molecule has 0 amide bonds. The monoisotopic (exact) mass is 520 g/mol. The number of ketones is 2. The second-order valence-corrected chi connectivity index (χ2v) is 9.22. The van der Waals surface area contributed by atoms with E-state index in [4.69, 9.17) is 9.97 Å². The number of fused-ring (bicyclic) bond motifs is 1. The van der Waals surface area contributed by atoms with Gasteiger partial charge in [-0.05, 0) is 66.8 Å². The van der Waals surface area contributed by atoms with E-state index >= 15 is 0 Å². The summed E-state index contributed by atoms with van der Waals surface area (Å²) < 4.78 is 0. The highest BCUT2D eigenvalue weighted by Gasteiger charge is 2.13. The van der Waals surface area contributed by atoms with Gasteiger partial charge in [-0.25, -0.2) is 9.97 Å². The number of hydrogen-bond acceptors (Lipinski definition) is 6. The van der Waals surface area contributed by atoms with Gasteiger partial charge in [0.25, 0.3) is 0 Å². The van der Waals surface area contributed by atoms with Crippen molar-refractivity contribution >= 4 is 33.8 Å². The maximum absolute atomic E-state index is 12.1. The first-order valence-electron chi connectivity index (χ1n) is 12.8. The lowest BCUT2D eigenvalue weighted by molar-refractivity contribution is -0.111. The Morgan fingerprint density at radius 3 is 1.82 bits per heavy atom. The van der Waals surface area contributed by atoms with Crippen molar-refractivity contribution in [2.24, 2.45) is 0 Å². The number of nitrogens with zero attached hydrogens (tertiary/aromatic N) is 2. The van der Waals surface area contributed by atoms with Crippen molar-refractivity contribution in [2.45, 2.75) is 0 Å². The van der Waals surface area contributed by atoms with Gasteiger partial charge in [-0.3, -0.25) is 9.59 Å². The molecule has 2 aliphatic rings. The molecule has 2 aliphatic carbocycles. The van der Waals surface area contributed by atoms with E-state index in [9.17, 15) is 9.59 Å². The third-order valence-corrected chi connectivity index (χ3v) is 6.51. The zero-order chi connectivity index (χ0) is 27.3. The van der Waals surface area contributed by atoms with Crippen molar-refractivity contribution in [3.63, 3.8) is 0 Å². The van der Waals surface area contributed by atoms with Crippen molar-refractivity contribution in [3.05, 3.63) is 145 Å². The van der Waals surface area contributed by atoms with Crippen LogP contribution in [0.4, 0.5) is 11.4 Å². The molecule has 0 fully saturated rings. The van der Waals surface area contributed by atoms with Crippen LogP contribution in [-0.4, -0.2) is 21.5 Å². The van der Waals surface area contributed by atoms with Crippen LogP contribution >= 0.6 is 0 Å². The number of carbonyl (C=O) groups is 2. The quantitative estimate of drug-likeness (QED) is 0.268. The lowest BCUT2D eigenvalue weighted by Crippen LogP contribution is -2.02. The maximum atomic E-state index is 12.1. The fraction of sp³-hybridized carbons (Fsp3) is 0. The Balaban J connectivity index is 1.33. The van der Waals surface area contributed by atoms with Crippen LogP contribution in [0.1, 0.15) is 0 Å². The summed E-state index contributed by atoms with van der Waals surface area (Å²) in [6.07, 6.45) is 17.2. The largest absolute Gasteiger partial charge is 0.361 e. The maximum Gasteiger partial charge on any atom is 0.187 e. The molecule has 0 unspecified atom stereocenters. The van der Waals surface area contributed by atoms with Gasteiger partial charge in [0.2, 0.25) is 0 Å². The zero-order valence-corrected chi connectivity index (χ0v) is 21.4. The van der Waals surface area contributed by atoms with E-state index in [2.05, 4.69) is 10.6 Å². The number of benzene rings is 3. The lowest BCUT2D eigenvalue weighted by Gasteiger charge is -2.12. The Labute approximate surface area is 231 Å². The average Bonchev–Trinajstić information content (AvgIpc) is 3.00. The van der Waals surface area contributed by atoms with E-state index in [0.717, 1.165) is 39.1 Å². The molecule has 1 aromatic heterocycles. The summed E-state index contributed by atoms with van der Waals surface area (Å²) in [4.78, 5) is 33.9. The molecule has 1 heterocycles. The van der Waals surface area contributed by atoms with Crippen LogP contribution in [0.2, 0.25) is 0 Å². The van der Waals surface area contributed by atoms with Crippen molar-refractivity contribution < 1.29 is 9.59 Å². The Bertz CT molecular complexity index is 1810. The highest BCUT2D eigenvalue weighted by Crippen LogP contribution is 2.31. The van der Waals surface area contributed by atoms with E-state index in [0.29, 0.717) is 17.0 Å². The minimum atomic E-state index is -0.0388. The topological polar surface area (TPSA) is 84.0 Å². The normalized spacial score (nSPS) is 16.3. The summed E-state index contributed by atoms with van der Waals surface area (Å²) in [6.45, 7) is 0. The SMILES string of the molecule is O=C1C=CC=C/C1=C/Nc1ccc2nc(-c3ccc(N/C=C4\C=CC=CC4=O)cc3)nc(-c3ccccc3)c2c1. The molecule has 6 heteroatoms. The predicted octanol–water partition coefficient (Wildman–Crippen LogP) is 6.95. The summed E-state index contributed by atoms with van der Waals surface area (Å²) in [7, 11) is 0. The van der Waals surface area contributed by atoms with Crippen LogP contribution in [0.25, 0.3) is 33.5 Å². The molecule has 0 aliphatic heterocycles. The second-order valence-electron chi connectivity index (χ2n) is 9.22. The predicted molar refractivity (Wildman–Crippen MR) is 160 cm³/mol. The van der Waals surface area contributed by atoms with Gasteiger partial charge in [-0.2, -0.15) is 0 Å². The standard InChI is InChI=1S/C34H24N4O2/c39-31-12-6-4-10-25(31)21-35-27-16-14-24(15-17-27)34-37-30-19-18-28(36-22-26-11-5-7-13-32(26)40)20-29(30)33(38-34)23-8-2-1-3-9-23/h1-22,35-36H/b25-21+,26-22-. The number of rotatable bonds is 6. The molecule has 0 radical (unpaired) electrons. The van der Waals surface area contributed by atoms with E-state index < -0.39 is 0 Å². The summed E-state index contributed by atoms with van der Waals surface area (Å²) in [6, 6.07) is 23.7. The minimum Gasteiger partial charge on any atom is -0.361 e. The van der Waals surface area contributed by atoms with Gasteiger partial charge >= 0.3 is 0 Å².